The summed E-state index contributed by atoms with van der Waals surface area (Å²) in [5, 5.41) is 3.43. The number of benzene rings is 1. The molecule has 1 aromatic carbocycles. The summed E-state index contributed by atoms with van der Waals surface area (Å²) in [6.45, 7) is 2.04. The summed E-state index contributed by atoms with van der Waals surface area (Å²) in [6.07, 6.45) is 5.39. The standard InChI is InChI=1S/C16H17N3/c1-2-12-9-17-7-6-13(12)14(3-1)16-8-15(11-4-5-11)18-10-19-16/h1-3,8,10-11,17H,4-7,9H2. The molecule has 2 aromatic rings. The maximum Gasteiger partial charge on any atom is 0.116 e. The molecule has 2 aliphatic rings. The van der Waals surface area contributed by atoms with Gasteiger partial charge < -0.3 is 5.32 Å². The Bertz CT molecular complexity index is 617. The third kappa shape index (κ3) is 2.04. The first-order chi connectivity index (χ1) is 9.42. The van der Waals surface area contributed by atoms with Crippen molar-refractivity contribution in [2.75, 3.05) is 6.54 Å². The third-order valence-electron chi connectivity index (χ3n) is 4.10. The zero-order valence-electron chi connectivity index (χ0n) is 10.9. The number of nitrogens with zero attached hydrogens (tertiary/aromatic N) is 2. The number of hydrogen-bond donors (Lipinski definition) is 1. The first kappa shape index (κ1) is 11.1. The van der Waals surface area contributed by atoms with E-state index < -0.39 is 0 Å². The summed E-state index contributed by atoms with van der Waals surface area (Å²) in [5.41, 5.74) is 6.48. The molecule has 0 saturated heterocycles. The molecule has 0 spiro atoms. The van der Waals surface area contributed by atoms with Gasteiger partial charge in [-0.05, 0) is 43.0 Å². The van der Waals surface area contributed by atoms with Crippen LogP contribution in [0, 0.1) is 0 Å². The molecule has 1 saturated carbocycles. The number of nitrogens with one attached hydrogen (secondary N) is 1. The largest absolute Gasteiger partial charge is 0.312 e. The Labute approximate surface area is 113 Å². The summed E-state index contributed by atoms with van der Waals surface area (Å²) in [5.74, 6) is 0.683. The van der Waals surface area contributed by atoms with Crippen molar-refractivity contribution in [3.63, 3.8) is 0 Å². The minimum Gasteiger partial charge on any atom is -0.312 e. The van der Waals surface area contributed by atoms with Gasteiger partial charge in [-0.2, -0.15) is 0 Å². The monoisotopic (exact) mass is 251 g/mol. The Hall–Kier alpha value is -1.74. The van der Waals surface area contributed by atoms with Crippen LogP contribution in [0.5, 0.6) is 0 Å². The minimum atomic E-state index is 0.683. The molecule has 1 aliphatic heterocycles. The van der Waals surface area contributed by atoms with Gasteiger partial charge in [0.15, 0.2) is 0 Å². The van der Waals surface area contributed by atoms with E-state index in [1.807, 2.05) is 0 Å². The van der Waals surface area contributed by atoms with Gasteiger partial charge in [0.1, 0.15) is 6.33 Å². The molecule has 1 N–H and O–H groups in total. The highest BCUT2D eigenvalue weighted by molar-refractivity contribution is 5.66. The van der Waals surface area contributed by atoms with Crippen LogP contribution in [-0.4, -0.2) is 16.5 Å². The first-order valence-electron chi connectivity index (χ1n) is 7.05. The van der Waals surface area contributed by atoms with Crippen LogP contribution < -0.4 is 5.32 Å². The maximum atomic E-state index is 4.50. The molecule has 96 valence electrons. The molecule has 1 aliphatic carbocycles. The van der Waals surface area contributed by atoms with Crippen molar-refractivity contribution < 1.29 is 0 Å². The van der Waals surface area contributed by atoms with Crippen LogP contribution in [0.4, 0.5) is 0 Å². The van der Waals surface area contributed by atoms with Crippen molar-refractivity contribution in [1.82, 2.24) is 15.3 Å². The van der Waals surface area contributed by atoms with Gasteiger partial charge in [-0.15, -0.1) is 0 Å². The van der Waals surface area contributed by atoms with E-state index in [1.165, 1.54) is 35.2 Å². The number of fused-ring (bicyclic) bond motifs is 1. The average molecular weight is 251 g/mol. The Morgan fingerprint density at radius 2 is 2.11 bits per heavy atom. The fourth-order valence-electron chi connectivity index (χ4n) is 2.89. The Morgan fingerprint density at radius 1 is 1.16 bits per heavy atom. The maximum absolute atomic E-state index is 4.50. The van der Waals surface area contributed by atoms with E-state index in [9.17, 15) is 0 Å². The van der Waals surface area contributed by atoms with Crippen LogP contribution in [0.3, 0.4) is 0 Å². The van der Waals surface area contributed by atoms with Gasteiger partial charge in [0.05, 0.1) is 5.69 Å². The molecule has 3 nitrogen and oxygen atoms in total. The predicted molar refractivity (Wildman–Crippen MR) is 74.9 cm³/mol. The second kappa shape index (κ2) is 4.42. The molecule has 0 bridgehead atoms. The van der Waals surface area contributed by atoms with E-state index in [0.717, 1.165) is 25.2 Å². The quantitative estimate of drug-likeness (QED) is 0.891. The average Bonchev–Trinajstić information content (AvgIpc) is 3.31. The van der Waals surface area contributed by atoms with Crippen molar-refractivity contribution in [2.45, 2.75) is 31.7 Å². The minimum absolute atomic E-state index is 0.683. The van der Waals surface area contributed by atoms with E-state index in [1.54, 1.807) is 6.33 Å². The molecule has 4 rings (SSSR count). The summed E-state index contributed by atoms with van der Waals surface area (Å²) in [7, 11) is 0. The molecule has 0 atom stereocenters. The molecular formula is C16H17N3. The van der Waals surface area contributed by atoms with E-state index in [0.29, 0.717) is 5.92 Å². The molecule has 1 aromatic heterocycles. The number of aromatic nitrogens is 2. The van der Waals surface area contributed by atoms with Crippen molar-refractivity contribution in [1.29, 1.82) is 0 Å². The molecule has 1 fully saturated rings. The SMILES string of the molecule is c1cc2c(c(-c3cc(C4CC4)ncn3)c1)CCNC2. The Morgan fingerprint density at radius 3 is 3.00 bits per heavy atom. The van der Waals surface area contributed by atoms with Crippen LogP contribution >= 0.6 is 0 Å². The van der Waals surface area contributed by atoms with E-state index in [-0.39, 0.29) is 0 Å². The fourth-order valence-corrected chi connectivity index (χ4v) is 2.89. The van der Waals surface area contributed by atoms with E-state index in [2.05, 4.69) is 39.6 Å². The molecule has 19 heavy (non-hydrogen) atoms. The lowest BCUT2D eigenvalue weighted by atomic mass is 9.93. The van der Waals surface area contributed by atoms with Gasteiger partial charge in [0, 0.05) is 23.7 Å². The molecule has 0 radical (unpaired) electrons. The summed E-state index contributed by atoms with van der Waals surface area (Å²) < 4.78 is 0. The molecular weight excluding hydrogens is 234 g/mol. The van der Waals surface area contributed by atoms with Crippen molar-refractivity contribution in [3.05, 3.63) is 47.4 Å². The topological polar surface area (TPSA) is 37.8 Å². The van der Waals surface area contributed by atoms with Gasteiger partial charge in [0.25, 0.3) is 0 Å². The smallest absolute Gasteiger partial charge is 0.116 e. The summed E-state index contributed by atoms with van der Waals surface area (Å²) >= 11 is 0. The predicted octanol–water partition coefficient (Wildman–Crippen LogP) is 2.67. The molecule has 0 unspecified atom stereocenters. The van der Waals surface area contributed by atoms with Crippen LogP contribution in [-0.2, 0) is 13.0 Å². The molecule has 3 heteroatoms. The van der Waals surface area contributed by atoms with Crippen LogP contribution in [0.15, 0.2) is 30.6 Å². The lowest BCUT2D eigenvalue weighted by molar-refractivity contribution is 0.644. The van der Waals surface area contributed by atoms with Crippen LogP contribution in [0.2, 0.25) is 0 Å². The Balaban J connectivity index is 1.81. The van der Waals surface area contributed by atoms with E-state index in [4.69, 9.17) is 0 Å². The van der Waals surface area contributed by atoms with Crippen LogP contribution in [0.25, 0.3) is 11.3 Å². The number of rotatable bonds is 2. The molecule has 2 heterocycles. The highest BCUT2D eigenvalue weighted by Crippen LogP contribution is 2.40. The third-order valence-corrected chi connectivity index (χ3v) is 4.10. The van der Waals surface area contributed by atoms with Gasteiger partial charge in [-0.3, -0.25) is 0 Å². The summed E-state index contributed by atoms with van der Waals surface area (Å²) in [6, 6.07) is 8.74. The highest BCUT2D eigenvalue weighted by atomic mass is 14.9. The van der Waals surface area contributed by atoms with E-state index >= 15 is 0 Å². The van der Waals surface area contributed by atoms with Gasteiger partial charge >= 0.3 is 0 Å². The highest BCUT2D eigenvalue weighted by Gasteiger charge is 2.25. The fraction of sp³-hybridized carbons (Fsp3) is 0.375. The van der Waals surface area contributed by atoms with Gasteiger partial charge in [-0.25, -0.2) is 9.97 Å². The lowest BCUT2D eigenvalue weighted by Gasteiger charge is -2.20. The molecule has 0 amide bonds. The van der Waals surface area contributed by atoms with Crippen molar-refractivity contribution in [3.8, 4) is 11.3 Å². The lowest BCUT2D eigenvalue weighted by Crippen LogP contribution is -2.24. The second-order valence-corrected chi connectivity index (χ2v) is 5.47. The second-order valence-electron chi connectivity index (χ2n) is 5.47. The van der Waals surface area contributed by atoms with Crippen LogP contribution in [0.1, 0.15) is 35.6 Å². The first-order valence-corrected chi connectivity index (χ1v) is 7.05. The Kier molecular flexibility index (Phi) is 2.59. The van der Waals surface area contributed by atoms with Crippen molar-refractivity contribution >= 4 is 0 Å². The summed E-state index contributed by atoms with van der Waals surface area (Å²) in [4.78, 5) is 8.91. The normalized spacial score (nSPS) is 18.1. The zero-order valence-corrected chi connectivity index (χ0v) is 10.9. The number of hydrogen-bond acceptors (Lipinski definition) is 3. The zero-order chi connectivity index (χ0) is 12.7. The van der Waals surface area contributed by atoms with Gasteiger partial charge in [-0.1, -0.05) is 18.2 Å². The van der Waals surface area contributed by atoms with Gasteiger partial charge in [0.2, 0.25) is 0 Å². The van der Waals surface area contributed by atoms with Crippen molar-refractivity contribution in [2.24, 2.45) is 0 Å².